The molecule has 4 nitrogen and oxygen atoms in total. The zero-order valence-corrected chi connectivity index (χ0v) is 10.8. The van der Waals surface area contributed by atoms with Crippen LogP contribution in [-0.4, -0.2) is 31.7 Å². The highest BCUT2D eigenvalue weighted by Gasteiger charge is 2.39. The lowest BCUT2D eigenvalue weighted by Gasteiger charge is -2.41. The smallest absolute Gasteiger partial charge is 0.311 e. The molecule has 1 fully saturated rings. The molecule has 0 amide bonds. The summed E-state index contributed by atoms with van der Waals surface area (Å²) < 4.78 is 5.58. The van der Waals surface area contributed by atoms with Gasteiger partial charge in [-0.1, -0.05) is 6.92 Å². The number of esters is 1. The Morgan fingerprint density at radius 1 is 1.56 bits per heavy atom. The third-order valence-electron chi connectivity index (χ3n) is 3.31. The monoisotopic (exact) mass is 228 g/mol. The maximum atomic E-state index is 11.8. The molecule has 1 rings (SSSR count). The minimum absolute atomic E-state index is 0.0911. The van der Waals surface area contributed by atoms with Crippen molar-refractivity contribution in [3.8, 4) is 0 Å². The number of carbonyl (C=O) groups excluding carboxylic acids is 1. The van der Waals surface area contributed by atoms with Crippen LogP contribution in [0, 0.1) is 10.8 Å². The van der Waals surface area contributed by atoms with Crippen LogP contribution < -0.4 is 11.1 Å². The summed E-state index contributed by atoms with van der Waals surface area (Å²) in [4.78, 5) is 11.8. The molecule has 1 heterocycles. The highest BCUT2D eigenvalue weighted by Crippen LogP contribution is 2.31. The first-order chi connectivity index (χ1) is 7.29. The van der Waals surface area contributed by atoms with Crippen molar-refractivity contribution in [1.29, 1.82) is 0 Å². The number of piperidine rings is 1. The molecule has 0 bridgehead atoms. The number of ether oxygens (including phenoxy) is 1. The summed E-state index contributed by atoms with van der Waals surface area (Å²) in [5.41, 5.74) is 5.25. The van der Waals surface area contributed by atoms with Crippen molar-refractivity contribution in [3.63, 3.8) is 0 Å². The minimum atomic E-state index is -0.451. The molecule has 0 spiro atoms. The lowest BCUT2D eigenvalue weighted by atomic mass is 9.78. The van der Waals surface area contributed by atoms with E-state index in [2.05, 4.69) is 12.2 Å². The first-order valence-electron chi connectivity index (χ1n) is 5.91. The Balaban J connectivity index is 2.67. The van der Waals surface area contributed by atoms with Gasteiger partial charge >= 0.3 is 5.97 Å². The van der Waals surface area contributed by atoms with Gasteiger partial charge in [0.1, 0.15) is 6.10 Å². The average molecular weight is 228 g/mol. The fourth-order valence-electron chi connectivity index (χ4n) is 1.74. The molecule has 4 heteroatoms. The summed E-state index contributed by atoms with van der Waals surface area (Å²) in [7, 11) is 0. The van der Waals surface area contributed by atoms with Gasteiger partial charge in [0.05, 0.1) is 5.41 Å². The van der Waals surface area contributed by atoms with Crippen LogP contribution in [0.1, 0.15) is 34.1 Å². The van der Waals surface area contributed by atoms with Crippen LogP contribution in [0.25, 0.3) is 0 Å². The van der Waals surface area contributed by atoms with Gasteiger partial charge < -0.3 is 15.8 Å². The van der Waals surface area contributed by atoms with Gasteiger partial charge in [0.15, 0.2) is 0 Å². The normalized spacial score (nSPS) is 31.2. The van der Waals surface area contributed by atoms with Crippen molar-refractivity contribution in [3.05, 3.63) is 0 Å². The fourth-order valence-corrected chi connectivity index (χ4v) is 1.74. The average Bonchev–Trinajstić information content (AvgIpc) is 2.20. The van der Waals surface area contributed by atoms with Crippen LogP contribution in [0.2, 0.25) is 0 Å². The van der Waals surface area contributed by atoms with Gasteiger partial charge in [-0.15, -0.1) is 0 Å². The van der Waals surface area contributed by atoms with E-state index in [-0.39, 0.29) is 17.5 Å². The fraction of sp³-hybridized carbons (Fsp3) is 0.917. The summed E-state index contributed by atoms with van der Waals surface area (Å²) in [6, 6.07) is 0. The number of rotatable bonds is 2. The lowest BCUT2D eigenvalue weighted by molar-refractivity contribution is -0.166. The first kappa shape index (κ1) is 13.5. The summed E-state index contributed by atoms with van der Waals surface area (Å²) in [5.74, 6) is -0.152. The molecule has 16 heavy (non-hydrogen) atoms. The number of hydrogen-bond donors (Lipinski definition) is 2. The van der Waals surface area contributed by atoms with Gasteiger partial charge in [-0.3, -0.25) is 4.79 Å². The molecular formula is C12H24N2O2. The Hall–Kier alpha value is -0.610. The second-order valence-corrected chi connectivity index (χ2v) is 5.96. The second-order valence-electron chi connectivity index (χ2n) is 5.96. The predicted octanol–water partition coefficient (Wildman–Crippen LogP) is 0.903. The van der Waals surface area contributed by atoms with Gasteiger partial charge in [-0.2, -0.15) is 0 Å². The maximum absolute atomic E-state index is 11.8. The highest BCUT2D eigenvalue weighted by atomic mass is 16.5. The van der Waals surface area contributed by atoms with E-state index < -0.39 is 5.41 Å². The molecule has 0 saturated carbocycles. The van der Waals surface area contributed by atoms with Crippen molar-refractivity contribution in [1.82, 2.24) is 5.32 Å². The molecule has 0 aromatic heterocycles. The number of nitrogens with two attached hydrogens (primary N) is 1. The second kappa shape index (κ2) is 4.72. The van der Waals surface area contributed by atoms with E-state index in [1.54, 1.807) is 0 Å². The van der Waals surface area contributed by atoms with Crippen LogP contribution in [0.3, 0.4) is 0 Å². The molecule has 0 aliphatic carbocycles. The van der Waals surface area contributed by atoms with E-state index in [9.17, 15) is 4.79 Å². The van der Waals surface area contributed by atoms with Crippen LogP contribution >= 0.6 is 0 Å². The van der Waals surface area contributed by atoms with Gasteiger partial charge in [0.2, 0.25) is 0 Å². The third kappa shape index (κ3) is 2.95. The molecule has 3 N–H and O–H groups in total. The summed E-state index contributed by atoms with van der Waals surface area (Å²) in [6.45, 7) is 9.89. The zero-order valence-electron chi connectivity index (χ0n) is 10.8. The summed E-state index contributed by atoms with van der Waals surface area (Å²) >= 11 is 0. The van der Waals surface area contributed by atoms with Gasteiger partial charge in [-0.25, -0.2) is 0 Å². The van der Waals surface area contributed by atoms with E-state index in [4.69, 9.17) is 10.5 Å². The van der Waals surface area contributed by atoms with E-state index in [1.165, 1.54) is 0 Å². The molecule has 0 radical (unpaired) electrons. The van der Waals surface area contributed by atoms with Crippen molar-refractivity contribution in [2.45, 2.75) is 40.2 Å². The molecule has 0 aromatic carbocycles. The Labute approximate surface area is 97.9 Å². The Morgan fingerprint density at radius 3 is 2.69 bits per heavy atom. The van der Waals surface area contributed by atoms with Gasteiger partial charge in [0.25, 0.3) is 0 Å². The summed E-state index contributed by atoms with van der Waals surface area (Å²) in [6.07, 6.45) is 0.837. The van der Waals surface area contributed by atoms with Crippen LogP contribution in [0.5, 0.6) is 0 Å². The lowest BCUT2D eigenvalue weighted by Crippen LogP contribution is -2.53. The molecule has 0 aromatic rings. The molecule has 1 saturated heterocycles. The summed E-state index contributed by atoms with van der Waals surface area (Å²) in [5, 5.41) is 3.25. The SMILES string of the molecule is CC(C)(C)C(=O)OC1CNCCC1(C)CN. The zero-order chi connectivity index (χ0) is 12.4. The number of nitrogens with one attached hydrogen (secondary N) is 1. The van der Waals surface area contributed by atoms with E-state index >= 15 is 0 Å². The molecular weight excluding hydrogens is 204 g/mol. The molecule has 2 unspecified atom stereocenters. The minimum Gasteiger partial charge on any atom is -0.460 e. The van der Waals surface area contributed by atoms with E-state index in [0.29, 0.717) is 13.1 Å². The molecule has 1 aliphatic rings. The Morgan fingerprint density at radius 2 is 2.19 bits per heavy atom. The van der Waals surface area contributed by atoms with Crippen molar-refractivity contribution in [2.75, 3.05) is 19.6 Å². The number of hydrogen-bond acceptors (Lipinski definition) is 4. The molecule has 1 aliphatic heterocycles. The first-order valence-corrected chi connectivity index (χ1v) is 5.91. The predicted molar refractivity (Wildman–Crippen MR) is 64.0 cm³/mol. The topological polar surface area (TPSA) is 64.3 Å². The third-order valence-corrected chi connectivity index (χ3v) is 3.31. The van der Waals surface area contributed by atoms with Crippen LogP contribution in [0.15, 0.2) is 0 Å². The van der Waals surface area contributed by atoms with Crippen LogP contribution in [-0.2, 0) is 9.53 Å². The van der Waals surface area contributed by atoms with Crippen molar-refractivity contribution in [2.24, 2.45) is 16.6 Å². The quantitative estimate of drug-likeness (QED) is 0.689. The molecule has 94 valence electrons. The van der Waals surface area contributed by atoms with Crippen LogP contribution in [0.4, 0.5) is 0 Å². The number of carbonyl (C=O) groups is 1. The molecule has 2 atom stereocenters. The maximum Gasteiger partial charge on any atom is 0.311 e. The van der Waals surface area contributed by atoms with Gasteiger partial charge in [0, 0.05) is 18.5 Å². The van der Waals surface area contributed by atoms with Crippen molar-refractivity contribution >= 4 is 5.97 Å². The Kier molecular flexibility index (Phi) is 3.97. The Bertz CT molecular complexity index is 260. The van der Waals surface area contributed by atoms with Crippen molar-refractivity contribution < 1.29 is 9.53 Å². The standard InChI is InChI=1S/C12H24N2O2/c1-11(2,3)10(15)16-9-7-14-6-5-12(9,4)8-13/h9,14H,5-8,13H2,1-4H3. The van der Waals surface area contributed by atoms with E-state index in [1.807, 2.05) is 20.8 Å². The largest absolute Gasteiger partial charge is 0.460 e. The van der Waals surface area contributed by atoms with Gasteiger partial charge in [-0.05, 0) is 33.7 Å². The highest BCUT2D eigenvalue weighted by molar-refractivity contribution is 5.75. The van der Waals surface area contributed by atoms with E-state index in [0.717, 1.165) is 13.0 Å².